The van der Waals surface area contributed by atoms with E-state index in [0.29, 0.717) is 17.8 Å². The minimum atomic E-state index is -2.43. The topological polar surface area (TPSA) is 96.8 Å². The van der Waals surface area contributed by atoms with Gasteiger partial charge in [0.1, 0.15) is 13.0 Å². The molecule has 0 unspecified atom stereocenters. The maximum Gasteiger partial charge on any atom is 0.229 e. The van der Waals surface area contributed by atoms with E-state index in [1.807, 2.05) is 37.4 Å². The van der Waals surface area contributed by atoms with Crippen LogP contribution in [-0.4, -0.2) is 46.2 Å². The molecule has 0 bridgehead atoms. The molecule has 3 heterocycles. The van der Waals surface area contributed by atoms with Gasteiger partial charge in [-0.1, -0.05) is 12.1 Å². The van der Waals surface area contributed by atoms with E-state index in [1.165, 1.54) is 0 Å². The van der Waals surface area contributed by atoms with Gasteiger partial charge in [0.15, 0.2) is 0 Å². The molecule has 8 nitrogen and oxygen atoms in total. The van der Waals surface area contributed by atoms with Gasteiger partial charge < -0.3 is 20.5 Å². The molecule has 164 valence electrons. The van der Waals surface area contributed by atoms with E-state index >= 15 is 0 Å². The van der Waals surface area contributed by atoms with Gasteiger partial charge in [0.05, 0.1) is 29.3 Å². The van der Waals surface area contributed by atoms with E-state index in [0.717, 1.165) is 53.9 Å². The van der Waals surface area contributed by atoms with E-state index in [-0.39, 0.29) is 0 Å². The van der Waals surface area contributed by atoms with Crippen molar-refractivity contribution in [2.45, 2.75) is 32.7 Å². The van der Waals surface area contributed by atoms with E-state index in [1.54, 1.807) is 19.5 Å². The van der Waals surface area contributed by atoms with Crippen molar-refractivity contribution >= 4 is 35.6 Å². The summed E-state index contributed by atoms with van der Waals surface area (Å²) in [5, 5.41) is 15.5. The highest BCUT2D eigenvalue weighted by atomic mass is 31.2. The molecule has 1 aliphatic heterocycles. The van der Waals surface area contributed by atoms with Crippen molar-refractivity contribution in [3.8, 4) is 0 Å². The second-order valence-corrected chi connectivity index (χ2v) is 11.6. The lowest BCUT2D eigenvalue weighted by Crippen LogP contribution is -2.30. The molecule has 1 fully saturated rings. The Balaban J connectivity index is 1.57. The summed E-state index contributed by atoms with van der Waals surface area (Å²) in [6.07, 6.45) is 5.78. The van der Waals surface area contributed by atoms with Crippen LogP contribution in [0.5, 0.6) is 0 Å². The maximum absolute atomic E-state index is 12.7. The van der Waals surface area contributed by atoms with Crippen LogP contribution in [0.1, 0.15) is 30.1 Å². The van der Waals surface area contributed by atoms with Crippen LogP contribution in [0, 0.1) is 13.8 Å². The van der Waals surface area contributed by atoms with Crippen LogP contribution in [-0.2, 0) is 4.57 Å². The molecule has 0 atom stereocenters. The molecule has 1 aliphatic rings. The van der Waals surface area contributed by atoms with E-state index < -0.39 is 7.14 Å². The molecule has 2 aromatic heterocycles. The molecule has 0 aliphatic carbocycles. The van der Waals surface area contributed by atoms with Gasteiger partial charge in [0.2, 0.25) is 5.95 Å². The highest BCUT2D eigenvalue weighted by Gasteiger charge is 2.20. The van der Waals surface area contributed by atoms with Gasteiger partial charge in [0.25, 0.3) is 0 Å². The molecule has 3 N–H and O–H groups in total. The van der Waals surface area contributed by atoms with Gasteiger partial charge in [-0.25, -0.2) is 4.98 Å². The Labute approximate surface area is 183 Å². The lowest BCUT2D eigenvalue weighted by molar-refractivity contribution is 0.338. The molecule has 1 aromatic carbocycles. The third kappa shape index (κ3) is 4.81. The Hall–Kier alpha value is -2.70. The number of rotatable bonds is 6. The summed E-state index contributed by atoms with van der Waals surface area (Å²) < 4.78 is 14.8. The third-order valence-corrected chi connectivity index (χ3v) is 7.20. The van der Waals surface area contributed by atoms with Gasteiger partial charge in [-0.3, -0.25) is 4.68 Å². The van der Waals surface area contributed by atoms with E-state index in [4.69, 9.17) is 0 Å². The summed E-state index contributed by atoms with van der Waals surface area (Å²) in [6, 6.07) is 8.08. The monoisotopic (exact) mass is 439 g/mol. The van der Waals surface area contributed by atoms with Gasteiger partial charge in [-0.05, 0) is 65.2 Å². The Kier molecular flexibility index (Phi) is 6.12. The number of aromatic nitrogens is 4. The zero-order chi connectivity index (χ0) is 22.0. The summed E-state index contributed by atoms with van der Waals surface area (Å²) >= 11 is 0. The summed E-state index contributed by atoms with van der Waals surface area (Å²) in [5.41, 5.74) is 3.69. The molecule has 3 aromatic rings. The van der Waals surface area contributed by atoms with Crippen molar-refractivity contribution in [3.63, 3.8) is 0 Å². The fourth-order valence-corrected chi connectivity index (χ4v) is 5.05. The predicted molar refractivity (Wildman–Crippen MR) is 127 cm³/mol. The van der Waals surface area contributed by atoms with Crippen LogP contribution in [0.2, 0.25) is 0 Å². The second kappa shape index (κ2) is 8.81. The molecule has 9 heteroatoms. The van der Waals surface area contributed by atoms with Gasteiger partial charge in [-0.2, -0.15) is 10.1 Å². The van der Waals surface area contributed by atoms with Crippen molar-refractivity contribution in [2.75, 3.05) is 37.1 Å². The van der Waals surface area contributed by atoms with Crippen LogP contribution in [0.25, 0.3) is 0 Å². The molecular weight excluding hydrogens is 409 g/mol. The van der Waals surface area contributed by atoms with Crippen molar-refractivity contribution in [3.05, 3.63) is 47.9 Å². The second-order valence-electron chi connectivity index (χ2n) is 8.41. The Morgan fingerprint density at radius 1 is 1.06 bits per heavy atom. The van der Waals surface area contributed by atoms with Crippen molar-refractivity contribution in [1.29, 1.82) is 0 Å². The van der Waals surface area contributed by atoms with Crippen LogP contribution in [0.3, 0.4) is 0 Å². The van der Waals surface area contributed by atoms with Gasteiger partial charge in [0, 0.05) is 17.1 Å². The zero-order valence-electron chi connectivity index (χ0n) is 18.5. The van der Waals surface area contributed by atoms with E-state index in [9.17, 15) is 4.57 Å². The number of anilines is 4. The summed E-state index contributed by atoms with van der Waals surface area (Å²) in [7, 11) is -2.43. The fourth-order valence-electron chi connectivity index (χ4n) is 3.89. The molecule has 0 radical (unpaired) electrons. The largest absolute Gasteiger partial charge is 0.339 e. The smallest absolute Gasteiger partial charge is 0.229 e. The molecule has 31 heavy (non-hydrogen) atoms. The average molecular weight is 440 g/mol. The Bertz CT molecular complexity index is 1110. The highest BCUT2D eigenvalue weighted by Crippen LogP contribution is 2.38. The summed E-state index contributed by atoms with van der Waals surface area (Å²) in [4.78, 5) is 9.12. The molecule has 1 saturated heterocycles. The molecular formula is C22H30N7OP. The van der Waals surface area contributed by atoms with Crippen molar-refractivity contribution < 1.29 is 4.57 Å². The molecule has 4 rings (SSSR count). The number of hydrogen-bond donors (Lipinski definition) is 3. The normalized spacial score (nSPS) is 15.1. The van der Waals surface area contributed by atoms with Gasteiger partial charge in [-0.15, -0.1) is 0 Å². The quantitative estimate of drug-likeness (QED) is 0.501. The zero-order valence-corrected chi connectivity index (χ0v) is 19.4. The van der Waals surface area contributed by atoms with Crippen LogP contribution < -0.4 is 21.3 Å². The number of piperidine rings is 1. The van der Waals surface area contributed by atoms with Crippen LogP contribution in [0.15, 0.2) is 36.7 Å². The lowest BCUT2D eigenvalue weighted by atomic mass is 10.1. The van der Waals surface area contributed by atoms with Crippen LogP contribution in [0.4, 0.5) is 23.1 Å². The molecule has 0 saturated carbocycles. The summed E-state index contributed by atoms with van der Waals surface area (Å²) in [5.74, 6) is 1.18. The number of nitrogens with zero attached hydrogens (tertiary/aromatic N) is 4. The SMILES string of the molecule is Cc1cnc(Nc2cnn(C3CCNCC3)c2C)nc1Nc1ccccc1P(C)(C)=O. The Morgan fingerprint density at radius 2 is 1.81 bits per heavy atom. The van der Waals surface area contributed by atoms with Crippen molar-refractivity contribution in [1.82, 2.24) is 25.1 Å². The maximum atomic E-state index is 12.7. The first kappa shape index (κ1) is 21.5. The minimum absolute atomic E-state index is 0.420. The molecule has 0 amide bonds. The first-order valence-electron chi connectivity index (χ1n) is 10.6. The predicted octanol–water partition coefficient (Wildman–Crippen LogP) is 3.95. The summed E-state index contributed by atoms with van der Waals surface area (Å²) in [6.45, 7) is 9.61. The minimum Gasteiger partial charge on any atom is -0.339 e. The third-order valence-electron chi connectivity index (χ3n) is 5.65. The number of benzene rings is 1. The van der Waals surface area contributed by atoms with Gasteiger partial charge >= 0.3 is 0 Å². The first-order valence-corrected chi connectivity index (χ1v) is 13.2. The lowest BCUT2D eigenvalue weighted by Gasteiger charge is -2.24. The standard InChI is InChI=1S/C22H30N7OP/c1-15-13-24-22(27-19-14-25-29(16(19)2)17-9-11-23-12-10-17)28-21(15)26-18-7-5-6-8-20(18)31(3,4)30/h5-8,13-14,17,23H,9-12H2,1-4H3,(H2,24,26,27,28). The van der Waals surface area contributed by atoms with Crippen LogP contribution >= 0.6 is 7.14 Å². The average Bonchev–Trinajstić information content (AvgIpc) is 3.11. The van der Waals surface area contributed by atoms with Crippen molar-refractivity contribution in [2.24, 2.45) is 0 Å². The number of hydrogen-bond acceptors (Lipinski definition) is 7. The molecule has 0 spiro atoms. The van der Waals surface area contributed by atoms with E-state index in [2.05, 4.69) is 42.6 Å². The number of aryl methyl sites for hydroxylation is 1. The number of para-hydroxylation sites is 1. The number of nitrogens with one attached hydrogen (secondary N) is 3. The Morgan fingerprint density at radius 3 is 2.55 bits per heavy atom. The fraction of sp³-hybridized carbons (Fsp3) is 0.409. The highest BCUT2D eigenvalue weighted by molar-refractivity contribution is 7.70. The first-order chi connectivity index (χ1) is 14.8.